The molecule has 7 heteroatoms. The average Bonchev–Trinajstić information content (AvgIpc) is 3.99. The van der Waals surface area contributed by atoms with E-state index in [1.54, 1.807) is 33.3 Å². The number of rotatable bonds is 9. The van der Waals surface area contributed by atoms with Crippen LogP contribution in [0.25, 0.3) is 0 Å². The van der Waals surface area contributed by atoms with Crippen LogP contribution in [0, 0.1) is 0 Å². The Labute approximate surface area is 274 Å². The monoisotopic (exact) mass is 630 g/mol. The van der Waals surface area contributed by atoms with Crippen molar-refractivity contribution in [2.45, 2.75) is 51.6 Å². The first kappa shape index (κ1) is 36.4. The molecule has 0 amide bonds. The van der Waals surface area contributed by atoms with Crippen LogP contribution in [0.2, 0.25) is 0 Å². The van der Waals surface area contributed by atoms with Crippen molar-refractivity contribution in [3.63, 3.8) is 0 Å². The molecule has 4 aromatic carbocycles. The van der Waals surface area contributed by atoms with Crippen LogP contribution < -0.4 is 14.2 Å². The molecule has 248 valence electrons. The molecular formula is C39H50O7. The largest absolute Gasteiger partial charge is 0.508 e. The Morgan fingerprint density at radius 2 is 0.935 bits per heavy atom. The Morgan fingerprint density at radius 3 is 1.22 bits per heavy atom. The van der Waals surface area contributed by atoms with Gasteiger partial charge in [-0.25, -0.2) is 0 Å². The Hall–Kier alpha value is -4.04. The summed E-state index contributed by atoms with van der Waals surface area (Å²) < 4.78 is 25.7. The van der Waals surface area contributed by atoms with E-state index in [1.165, 1.54) is 22.3 Å². The molecule has 2 fully saturated rings. The first-order valence-electron chi connectivity index (χ1n) is 15.7. The first-order valence-corrected chi connectivity index (χ1v) is 15.7. The molecule has 0 saturated carbocycles. The third-order valence-corrected chi connectivity index (χ3v) is 7.83. The molecule has 2 heterocycles. The minimum absolute atomic E-state index is 0.0651. The molecule has 4 aromatic rings. The standard InChI is InChI=1S/C19H22O3.C16H18O2.C2H4O.C2H6O/c1-19(2,14-4-8-16(20-3)9-5-14)15-6-10-17(11-7-15)21-12-18-13-22-18;1-16(2,12-4-8-14(17)9-5-12)13-6-10-15(18-3)11-7-13;1-2-3-1;1-2-3/h4-11,18H,12-13H2,1-3H3;4-11,17H,1-3H3;1-2H2;3H,2H2,1H3. The van der Waals surface area contributed by atoms with Gasteiger partial charge in [-0.05, 0) is 77.7 Å². The molecule has 1 unspecified atom stereocenters. The third kappa shape index (κ3) is 11.4. The van der Waals surface area contributed by atoms with Crippen LogP contribution in [-0.4, -0.2) is 63.6 Å². The van der Waals surface area contributed by atoms with Gasteiger partial charge in [-0.2, -0.15) is 0 Å². The highest BCUT2D eigenvalue weighted by atomic mass is 16.6. The molecule has 2 aliphatic heterocycles. The number of aliphatic hydroxyl groups is 1. The molecule has 2 saturated heterocycles. The maximum Gasteiger partial charge on any atom is 0.119 e. The first-order chi connectivity index (χ1) is 22.0. The number of aromatic hydroxyl groups is 1. The van der Waals surface area contributed by atoms with Crippen LogP contribution in [0.3, 0.4) is 0 Å². The average molecular weight is 631 g/mol. The Kier molecular flexibility index (Phi) is 13.9. The maximum atomic E-state index is 9.34. The highest BCUT2D eigenvalue weighted by Crippen LogP contribution is 2.34. The molecule has 0 aromatic heterocycles. The zero-order valence-electron chi connectivity index (χ0n) is 28.3. The van der Waals surface area contributed by atoms with Crippen molar-refractivity contribution in [2.24, 2.45) is 0 Å². The van der Waals surface area contributed by atoms with E-state index in [2.05, 4.69) is 68.8 Å². The molecule has 0 aliphatic carbocycles. The lowest BCUT2D eigenvalue weighted by atomic mass is 9.78. The number of ether oxygens (including phenoxy) is 5. The van der Waals surface area contributed by atoms with Gasteiger partial charge in [-0.15, -0.1) is 0 Å². The number of methoxy groups -OCH3 is 2. The summed E-state index contributed by atoms with van der Waals surface area (Å²) in [6.07, 6.45) is 0.287. The minimum Gasteiger partial charge on any atom is -0.508 e. The number of benzene rings is 4. The lowest BCUT2D eigenvalue weighted by molar-refractivity contribution is 0.263. The number of hydrogen-bond donors (Lipinski definition) is 2. The van der Waals surface area contributed by atoms with Crippen LogP contribution in [0.5, 0.6) is 23.0 Å². The van der Waals surface area contributed by atoms with Gasteiger partial charge in [-0.3, -0.25) is 0 Å². The molecule has 1 atom stereocenters. The van der Waals surface area contributed by atoms with Crippen LogP contribution in [0.1, 0.15) is 56.9 Å². The molecule has 2 N–H and O–H groups in total. The summed E-state index contributed by atoms with van der Waals surface area (Å²) >= 11 is 0. The molecule has 0 bridgehead atoms. The smallest absolute Gasteiger partial charge is 0.119 e. The quantitative estimate of drug-likeness (QED) is 0.185. The van der Waals surface area contributed by atoms with Crippen LogP contribution in [0.15, 0.2) is 97.1 Å². The molecule has 0 radical (unpaired) electrons. The van der Waals surface area contributed by atoms with E-state index in [0.717, 1.165) is 37.1 Å². The van der Waals surface area contributed by atoms with E-state index in [0.29, 0.717) is 12.4 Å². The second-order valence-corrected chi connectivity index (χ2v) is 12.0. The van der Waals surface area contributed by atoms with Gasteiger partial charge in [0.1, 0.15) is 35.7 Å². The van der Waals surface area contributed by atoms with Gasteiger partial charge in [-0.1, -0.05) is 76.2 Å². The van der Waals surface area contributed by atoms with Crippen molar-refractivity contribution in [1.29, 1.82) is 0 Å². The molecule has 6 rings (SSSR count). The fourth-order valence-electron chi connectivity index (χ4n) is 4.55. The Balaban J connectivity index is 0.000000215. The second-order valence-electron chi connectivity index (χ2n) is 12.0. The molecular weight excluding hydrogens is 580 g/mol. The van der Waals surface area contributed by atoms with Crippen LogP contribution >= 0.6 is 0 Å². The fraction of sp³-hybridized carbons (Fsp3) is 0.385. The number of hydrogen-bond acceptors (Lipinski definition) is 7. The van der Waals surface area contributed by atoms with E-state index >= 15 is 0 Å². The van der Waals surface area contributed by atoms with E-state index in [4.69, 9.17) is 24.1 Å². The van der Waals surface area contributed by atoms with Crippen molar-refractivity contribution in [1.82, 2.24) is 0 Å². The number of phenolic OH excluding ortho intramolecular Hbond substituents is 1. The molecule has 46 heavy (non-hydrogen) atoms. The minimum atomic E-state index is -0.0973. The van der Waals surface area contributed by atoms with Gasteiger partial charge in [0.15, 0.2) is 0 Å². The van der Waals surface area contributed by atoms with Gasteiger partial charge in [0, 0.05) is 17.4 Å². The third-order valence-electron chi connectivity index (χ3n) is 7.83. The van der Waals surface area contributed by atoms with Crippen molar-refractivity contribution in [2.75, 3.05) is 47.3 Å². The highest BCUT2D eigenvalue weighted by Gasteiger charge is 2.25. The van der Waals surface area contributed by atoms with Gasteiger partial charge in [0.25, 0.3) is 0 Å². The summed E-state index contributed by atoms with van der Waals surface area (Å²) in [7, 11) is 3.35. The summed E-state index contributed by atoms with van der Waals surface area (Å²) in [5.41, 5.74) is 4.74. The topological polar surface area (TPSA) is 93.2 Å². The zero-order valence-corrected chi connectivity index (χ0v) is 28.3. The fourth-order valence-corrected chi connectivity index (χ4v) is 4.55. The second kappa shape index (κ2) is 17.6. The van der Waals surface area contributed by atoms with Crippen molar-refractivity contribution >= 4 is 0 Å². The number of aliphatic hydroxyl groups excluding tert-OH is 1. The van der Waals surface area contributed by atoms with Crippen molar-refractivity contribution in [3.8, 4) is 23.0 Å². The summed E-state index contributed by atoms with van der Waals surface area (Å²) in [4.78, 5) is 0. The maximum absolute atomic E-state index is 9.34. The Morgan fingerprint density at radius 1 is 0.630 bits per heavy atom. The summed E-state index contributed by atoms with van der Waals surface area (Å²) in [5.74, 6) is 2.93. The molecule has 2 aliphatic rings. The number of phenols is 1. The van der Waals surface area contributed by atoms with Gasteiger partial charge in [0.2, 0.25) is 0 Å². The van der Waals surface area contributed by atoms with E-state index in [1.807, 2.05) is 48.5 Å². The summed E-state index contributed by atoms with van der Waals surface area (Å²) in [6.45, 7) is 14.2. The molecule has 0 spiro atoms. The summed E-state index contributed by atoms with van der Waals surface area (Å²) in [6, 6.07) is 32.0. The predicted molar refractivity (Wildman–Crippen MR) is 184 cm³/mol. The van der Waals surface area contributed by atoms with Gasteiger partial charge < -0.3 is 33.9 Å². The van der Waals surface area contributed by atoms with E-state index < -0.39 is 0 Å². The number of epoxide rings is 2. The van der Waals surface area contributed by atoms with Gasteiger partial charge >= 0.3 is 0 Å². The zero-order chi connectivity index (χ0) is 33.6. The van der Waals surface area contributed by atoms with Crippen LogP contribution in [0.4, 0.5) is 0 Å². The highest BCUT2D eigenvalue weighted by molar-refractivity contribution is 5.43. The SMILES string of the molecule is C1CO1.CCO.COc1ccc(C(C)(C)c2ccc(O)cc2)cc1.COc1ccc(C(C)(C)c2ccc(OCC3CO3)cc2)cc1. The summed E-state index contributed by atoms with van der Waals surface area (Å²) in [5, 5.41) is 16.9. The van der Waals surface area contributed by atoms with E-state index in [-0.39, 0.29) is 23.5 Å². The lowest BCUT2D eigenvalue weighted by Gasteiger charge is -2.26. The van der Waals surface area contributed by atoms with Crippen LogP contribution in [-0.2, 0) is 20.3 Å². The normalized spacial score (nSPS) is 14.6. The predicted octanol–water partition coefficient (Wildman–Crippen LogP) is 7.54. The van der Waals surface area contributed by atoms with Crippen molar-refractivity contribution < 1.29 is 33.9 Å². The molecule has 7 nitrogen and oxygen atoms in total. The van der Waals surface area contributed by atoms with E-state index in [9.17, 15) is 5.11 Å². The van der Waals surface area contributed by atoms with Gasteiger partial charge in [0.05, 0.1) is 34.0 Å². The Bertz CT molecular complexity index is 1400. The van der Waals surface area contributed by atoms with Crippen molar-refractivity contribution in [3.05, 3.63) is 119 Å². The lowest BCUT2D eigenvalue weighted by Crippen LogP contribution is -2.18.